The van der Waals surface area contributed by atoms with Crippen LogP contribution in [0.25, 0.3) is 11.0 Å². The second-order valence-electron chi connectivity index (χ2n) is 8.63. The van der Waals surface area contributed by atoms with E-state index in [-0.39, 0.29) is 11.5 Å². The van der Waals surface area contributed by atoms with Gasteiger partial charge >= 0.3 is 6.03 Å². The fraction of sp³-hybridized carbons (Fsp3) is 0.318. The molecule has 10 nitrogen and oxygen atoms in total. The summed E-state index contributed by atoms with van der Waals surface area (Å²) in [6.45, 7) is 10.1. The summed E-state index contributed by atoms with van der Waals surface area (Å²) >= 11 is 0. The summed E-state index contributed by atoms with van der Waals surface area (Å²) in [6, 6.07) is 8.40. The minimum absolute atomic E-state index is 0.170. The van der Waals surface area contributed by atoms with Crippen LogP contribution in [0.5, 0.6) is 11.6 Å². The van der Waals surface area contributed by atoms with Crippen molar-refractivity contribution in [3.8, 4) is 11.6 Å². The fourth-order valence-electron chi connectivity index (χ4n) is 2.98. The predicted octanol–water partition coefficient (Wildman–Crippen LogP) is 5.13. The van der Waals surface area contributed by atoms with Crippen molar-refractivity contribution < 1.29 is 14.1 Å². The lowest BCUT2D eigenvalue weighted by atomic mass is 9.93. The van der Waals surface area contributed by atoms with Crippen molar-refractivity contribution in [2.45, 2.75) is 46.1 Å². The van der Waals surface area contributed by atoms with Gasteiger partial charge in [0.05, 0.1) is 6.20 Å². The number of benzene rings is 1. The molecule has 2 amide bonds. The lowest BCUT2D eigenvalue weighted by molar-refractivity contribution is 0.262. The normalized spacial score (nSPS) is 11.7. The monoisotopic (exact) mass is 435 g/mol. The molecule has 3 heterocycles. The van der Waals surface area contributed by atoms with Crippen LogP contribution in [-0.4, -0.2) is 30.9 Å². The van der Waals surface area contributed by atoms with Crippen LogP contribution < -0.4 is 15.4 Å². The Bertz CT molecular complexity index is 1240. The van der Waals surface area contributed by atoms with Crippen molar-refractivity contribution in [1.29, 1.82) is 0 Å². The molecule has 0 radical (unpaired) electrons. The van der Waals surface area contributed by atoms with E-state index in [2.05, 4.69) is 30.9 Å². The van der Waals surface area contributed by atoms with Crippen molar-refractivity contribution in [1.82, 2.24) is 24.9 Å². The smallest absolute Gasteiger partial charge is 0.324 e. The second-order valence-corrected chi connectivity index (χ2v) is 8.63. The summed E-state index contributed by atoms with van der Waals surface area (Å²) in [6.07, 6.45) is 3.15. The Hall–Kier alpha value is -3.95. The van der Waals surface area contributed by atoms with E-state index in [9.17, 15) is 4.79 Å². The quantitative estimate of drug-likeness (QED) is 0.446. The highest BCUT2D eigenvalue weighted by molar-refractivity contribution is 5.99. The van der Waals surface area contributed by atoms with Crippen LogP contribution in [0, 0.1) is 0 Å². The van der Waals surface area contributed by atoms with Crippen LogP contribution >= 0.6 is 0 Å². The number of carbonyl (C=O) groups is 1. The Labute approximate surface area is 185 Å². The maximum Gasteiger partial charge on any atom is 0.324 e. The van der Waals surface area contributed by atoms with Crippen LogP contribution in [0.15, 0.2) is 47.4 Å². The van der Waals surface area contributed by atoms with Gasteiger partial charge in [0.1, 0.15) is 23.2 Å². The molecular formula is C22H25N7O3. The molecule has 3 aromatic heterocycles. The molecule has 0 aliphatic carbocycles. The molecule has 32 heavy (non-hydrogen) atoms. The zero-order valence-corrected chi connectivity index (χ0v) is 18.6. The first-order chi connectivity index (χ1) is 15.2. The van der Waals surface area contributed by atoms with E-state index >= 15 is 0 Å². The van der Waals surface area contributed by atoms with E-state index < -0.39 is 6.03 Å². The first kappa shape index (κ1) is 21.3. The molecule has 0 saturated heterocycles. The minimum atomic E-state index is -0.425. The number of hydrogen-bond donors (Lipinski definition) is 2. The van der Waals surface area contributed by atoms with Crippen LogP contribution in [0.1, 0.15) is 46.4 Å². The molecule has 10 heteroatoms. The van der Waals surface area contributed by atoms with Crippen molar-refractivity contribution in [3.05, 3.63) is 48.6 Å². The molecule has 0 fully saturated rings. The number of nitrogens with one attached hydrogen (secondary N) is 2. The molecule has 4 rings (SSSR count). The molecule has 4 aromatic rings. The number of rotatable bonds is 5. The first-order valence-corrected chi connectivity index (χ1v) is 10.2. The summed E-state index contributed by atoms with van der Waals surface area (Å²) in [5.74, 6) is 2.02. The lowest BCUT2D eigenvalue weighted by Gasteiger charge is -2.12. The Morgan fingerprint density at radius 3 is 2.53 bits per heavy atom. The SMILES string of the molecule is CC(C)n1ncc2c(Oc3ccc(NC(=O)Nc4cc(C(C)(C)C)on4)cc3)ncnc21. The third-order valence-electron chi connectivity index (χ3n) is 4.66. The number of fused-ring (bicyclic) bond motifs is 1. The van der Waals surface area contributed by atoms with Crippen LogP contribution in [0.2, 0.25) is 0 Å². The van der Waals surface area contributed by atoms with Crippen molar-refractivity contribution in [2.75, 3.05) is 10.6 Å². The summed E-state index contributed by atoms with van der Waals surface area (Å²) in [4.78, 5) is 20.8. The van der Waals surface area contributed by atoms with Gasteiger partial charge in [0, 0.05) is 23.2 Å². The standard InChI is InChI=1S/C22H25N7O3/c1-13(2)29-19-16(11-25-29)20(24-12-23-19)31-15-8-6-14(7-9-15)26-21(30)27-18-10-17(32-28-18)22(3,4)5/h6-13H,1-5H3,(H2,26,27,28,30). The lowest BCUT2D eigenvalue weighted by Crippen LogP contribution is -2.19. The number of hydrogen-bond acceptors (Lipinski definition) is 7. The van der Waals surface area contributed by atoms with E-state index in [4.69, 9.17) is 9.26 Å². The van der Waals surface area contributed by atoms with Crippen molar-refractivity contribution >= 4 is 28.6 Å². The molecule has 0 unspecified atom stereocenters. The highest BCUT2D eigenvalue weighted by Crippen LogP contribution is 2.28. The third-order valence-corrected chi connectivity index (χ3v) is 4.66. The fourth-order valence-corrected chi connectivity index (χ4v) is 2.98. The van der Waals surface area contributed by atoms with Crippen LogP contribution in [0.4, 0.5) is 16.3 Å². The minimum Gasteiger partial charge on any atom is -0.438 e. The van der Waals surface area contributed by atoms with Gasteiger partial charge in [0.2, 0.25) is 5.88 Å². The van der Waals surface area contributed by atoms with Gasteiger partial charge in [0.15, 0.2) is 11.5 Å². The Morgan fingerprint density at radius 1 is 1.12 bits per heavy atom. The maximum absolute atomic E-state index is 12.3. The summed E-state index contributed by atoms with van der Waals surface area (Å²) in [7, 11) is 0. The van der Waals surface area contributed by atoms with Gasteiger partial charge in [-0.1, -0.05) is 25.9 Å². The van der Waals surface area contributed by atoms with Gasteiger partial charge in [0.25, 0.3) is 0 Å². The number of anilines is 2. The Balaban J connectivity index is 1.41. The van der Waals surface area contributed by atoms with Gasteiger partial charge in [-0.15, -0.1) is 0 Å². The van der Waals surface area contributed by atoms with Gasteiger partial charge in [-0.2, -0.15) is 5.10 Å². The molecule has 2 N–H and O–H groups in total. The van der Waals surface area contributed by atoms with Gasteiger partial charge < -0.3 is 14.6 Å². The van der Waals surface area contributed by atoms with E-state index in [0.717, 1.165) is 5.39 Å². The molecule has 0 atom stereocenters. The second kappa shape index (κ2) is 8.29. The van der Waals surface area contributed by atoms with Crippen LogP contribution in [-0.2, 0) is 5.41 Å². The van der Waals surface area contributed by atoms with Gasteiger partial charge in [-0.25, -0.2) is 19.4 Å². The van der Waals surface area contributed by atoms with Crippen molar-refractivity contribution in [2.24, 2.45) is 0 Å². The zero-order valence-electron chi connectivity index (χ0n) is 18.6. The highest BCUT2D eigenvalue weighted by atomic mass is 16.5. The van der Waals surface area contributed by atoms with Gasteiger partial charge in [-0.3, -0.25) is 5.32 Å². The third kappa shape index (κ3) is 4.53. The van der Waals surface area contributed by atoms with Crippen molar-refractivity contribution in [3.63, 3.8) is 0 Å². The average molecular weight is 435 g/mol. The van der Waals surface area contributed by atoms with Gasteiger partial charge in [-0.05, 0) is 38.1 Å². The predicted molar refractivity (Wildman–Crippen MR) is 120 cm³/mol. The molecule has 0 aliphatic rings. The van der Waals surface area contributed by atoms with Crippen LogP contribution in [0.3, 0.4) is 0 Å². The molecule has 1 aromatic carbocycles. The number of aromatic nitrogens is 5. The first-order valence-electron chi connectivity index (χ1n) is 10.2. The molecule has 0 aliphatic heterocycles. The number of carbonyl (C=O) groups excluding carboxylic acids is 1. The molecule has 0 bridgehead atoms. The summed E-state index contributed by atoms with van der Waals surface area (Å²) in [5, 5.41) is 14.4. The number of nitrogens with zero attached hydrogens (tertiary/aromatic N) is 5. The van der Waals surface area contributed by atoms with E-state index in [1.54, 1.807) is 36.5 Å². The number of amides is 2. The summed E-state index contributed by atoms with van der Waals surface area (Å²) in [5.41, 5.74) is 1.11. The zero-order chi connectivity index (χ0) is 22.9. The number of ether oxygens (including phenoxy) is 1. The highest BCUT2D eigenvalue weighted by Gasteiger charge is 2.20. The molecular weight excluding hydrogens is 410 g/mol. The molecule has 0 saturated carbocycles. The van der Waals surface area contributed by atoms with E-state index in [0.29, 0.717) is 34.5 Å². The molecule has 166 valence electrons. The summed E-state index contributed by atoms with van der Waals surface area (Å²) < 4.78 is 13.0. The maximum atomic E-state index is 12.3. The topological polar surface area (TPSA) is 120 Å². The van der Waals surface area contributed by atoms with E-state index in [1.807, 2.05) is 39.3 Å². The van der Waals surface area contributed by atoms with E-state index in [1.165, 1.54) is 6.33 Å². The molecule has 0 spiro atoms. The largest absolute Gasteiger partial charge is 0.438 e. The number of urea groups is 1. The average Bonchev–Trinajstić information content (AvgIpc) is 3.37. The Kier molecular flexibility index (Phi) is 5.52. The Morgan fingerprint density at radius 2 is 1.88 bits per heavy atom.